The molecule has 4 heteroatoms. The molecule has 0 spiro atoms. The number of aryl methyl sites for hydroxylation is 1. The van der Waals surface area contributed by atoms with Gasteiger partial charge in [0.2, 0.25) is 0 Å². The zero-order valence-corrected chi connectivity index (χ0v) is 12.3. The number of hydrogen-bond acceptors (Lipinski definition) is 2. The molecule has 1 unspecified atom stereocenters. The molecule has 0 radical (unpaired) electrons. The molecule has 1 aromatic carbocycles. The number of rotatable bonds is 5. The molecule has 0 amide bonds. The van der Waals surface area contributed by atoms with Crippen molar-refractivity contribution in [1.82, 2.24) is 0 Å². The van der Waals surface area contributed by atoms with Gasteiger partial charge in [0, 0.05) is 16.5 Å². The standard InChI is InChI=1S/C14H15BrFNS/c15-12-7-2-6-11(14(12)16)13(17)8-1-4-10-5-3-9-18-10/h2-3,5-7,9,13H,1,4,8,17H2. The number of nitrogens with two attached hydrogens (primary N) is 1. The molecule has 2 rings (SSSR count). The van der Waals surface area contributed by atoms with Crippen LogP contribution >= 0.6 is 27.3 Å². The van der Waals surface area contributed by atoms with Crippen molar-refractivity contribution in [2.75, 3.05) is 0 Å². The van der Waals surface area contributed by atoms with E-state index in [0.717, 1.165) is 19.3 Å². The lowest BCUT2D eigenvalue weighted by Gasteiger charge is -2.13. The Morgan fingerprint density at radius 3 is 2.83 bits per heavy atom. The van der Waals surface area contributed by atoms with Crippen molar-refractivity contribution in [1.29, 1.82) is 0 Å². The summed E-state index contributed by atoms with van der Waals surface area (Å²) in [5.41, 5.74) is 6.64. The Hall–Kier alpha value is -0.710. The van der Waals surface area contributed by atoms with Crippen molar-refractivity contribution in [3.8, 4) is 0 Å². The highest BCUT2D eigenvalue weighted by atomic mass is 79.9. The molecule has 0 saturated heterocycles. The monoisotopic (exact) mass is 327 g/mol. The van der Waals surface area contributed by atoms with E-state index in [2.05, 4.69) is 27.4 Å². The number of benzene rings is 1. The summed E-state index contributed by atoms with van der Waals surface area (Å²) < 4.78 is 14.3. The molecule has 0 bridgehead atoms. The van der Waals surface area contributed by atoms with Crippen molar-refractivity contribution in [2.24, 2.45) is 5.73 Å². The van der Waals surface area contributed by atoms with E-state index in [9.17, 15) is 4.39 Å². The third kappa shape index (κ3) is 3.40. The summed E-state index contributed by atoms with van der Waals surface area (Å²) in [5, 5.41) is 2.07. The van der Waals surface area contributed by atoms with Gasteiger partial charge in [0.25, 0.3) is 0 Å². The fraction of sp³-hybridized carbons (Fsp3) is 0.286. The lowest BCUT2D eigenvalue weighted by Crippen LogP contribution is -2.12. The van der Waals surface area contributed by atoms with Gasteiger partial charge in [-0.3, -0.25) is 0 Å². The number of halogens is 2. The number of hydrogen-bond donors (Lipinski definition) is 1. The first-order chi connectivity index (χ1) is 8.68. The Morgan fingerprint density at radius 1 is 1.28 bits per heavy atom. The largest absolute Gasteiger partial charge is 0.324 e. The molecule has 2 aromatic rings. The first-order valence-electron chi connectivity index (χ1n) is 5.90. The first kappa shape index (κ1) is 13.7. The highest BCUT2D eigenvalue weighted by molar-refractivity contribution is 9.10. The van der Waals surface area contributed by atoms with Gasteiger partial charge in [-0.2, -0.15) is 0 Å². The number of thiophene rings is 1. The van der Waals surface area contributed by atoms with Gasteiger partial charge in [-0.25, -0.2) is 4.39 Å². The zero-order valence-electron chi connectivity index (χ0n) is 9.90. The molecule has 0 aliphatic heterocycles. The maximum Gasteiger partial charge on any atom is 0.142 e. The van der Waals surface area contributed by atoms with Gasteiger partial charge < -0.3 is 5.73 Å². The Bertz CT molecular complexity index is 499. The van der Waals surface area contributed by atoms with Crippen LogP contribution in [0.15, 0.2) is 40.2 Å². The summed E-state index contributed by atoms with van der Waals surface area (Å²) in [6.07, 6.45) is 2.79. The molecule has 0 aliphatic carbocycles. The average molecular weight is 328 g/mol. The molecule has 1 aromatic heterocycles. The van der Waals surface area contributed by atoms with Crippen LogP contribution in [0, 0.1) is 5.82 Å². The molecule has 0 fully saturated rings. The molecule has 1 atom stereocenters. The quantitative estimate of drug-likeness (QED) is 0.848. The minimum atomic E-state index is -0.235. The Balaban J connectivity index is 1.91. The van der Waals surface area contributed by atoms with Crippen LogP contribution in [-0.2, 0) is 6.42 Å². The van der Waals surface area contributed by atoms with Crippen molar-refractivity contribution in [3.63, 3.8) is 0 Å². The van der Waals surface area contributed by atoms with Crippen molar-refractivity contribution < 1.29 is 4.39 Å². The van der Waals surface area contributed by atoms with Gasteiger partial charge in [-0.15, -0.1) is 11.3 Å². The Kier molecular flexibility index (Phi) is 4.92. The molecule has 2 N–H and O–H groups in total. The van der Waals surface area contributed by atoms with Gasteiger partial charge in [0.15, 0.2) is 0 Å². The van der Waals surface area contributed by atoms with Crippen LogP contribution in [0.5, 0.6) is 0 Å². The van der Waals surface area contributed by atoms with Gasteiger partial charge in [0.05, 0.1) is 4.47 Å². The summed E-state index contributed by atoms with van der Waals surface area (Å²) >= 11 is 4.94. The van der Waals surface area contributed by atoms with Crippen molar-refractivity contribution in [2.45, 2.75) is 25.3 Å². The minimum absolute atomic E-state index is 0.234. The summed E-state index contributed by atoms with van der Waals surface area (Å²) in [6.45, 7) is 0. The second kappa shape index (κ2) is 6.45. The van der Waals surface area contributed by atoms with Crippen LogP contribution in [0.2, 0.25) is 0 Å². The fourth-order valence-electron chi connectivity index (χ4n) is 1.91. The van der Waals surface area contributed by atoms with Crippen LogP contribution in [0.1, 0.15) is 29.3 Å². The van der Waals surface area contributed by atoms with Crippen LogP contribution in [0.4, 0.5) is 4.39 Å². The highest BCUT2D eigenvalue weighted by Gasteiger charge is 2.13. The van der Waals surface area contributed by atoms with Gasteiger partial charge in [-0.05, 0) is 52.7 Å². The predicted octanol–water partition coefficient (Wildman–Crippen LogP) is 4.67. The summed E-state index contributed by atoms with van der Waals surface area (Å²) in [6, 6.07) is 9.21. The van der Waals surface area contributed by atoms with Gasteiger partial charge >= 0.3 is 0 Å². The molecule has 0 aliphatic rings. The predicted molar refractivity (Wildman–Crippen MR) is 78.3 cm³/mol. The normalized spacial score (nSPS) is 12.6. The molecule has 1 heterocycles. The fourth-order valence-corrected chi connectivity index (χ4v) is 3.05. The highest BCUT2D eigenvalue weighted by Crippen LogP contribution is 2.25. The molecule has 18 heavy (non-hydrogen) atoms. The summed E-state index contributed by atoms with van der Waals surface area (Å²) in [5.74, 6) is -0.235. The average Bonchev–Trinajstić information content (AvgIpc) is 2.85. The Morgan fingerprint density at radius 2 is 2.11 bits per heavy atom. The maximum atomic E-state index is 13.8. The summed E-state index contributed by atoms with van der Waals surface area (Å²) in [7, 11) is 0. The maximum absolute atomic E-state index is 13.8. The van der Waals surface area contributed by atoms with Gasteiger partial charge in [0.1, 0.15) is 5.82 Å². The van der Waals surface area contributed by atoms with Crippen LogP contribution < -0.4 is 5.73 Å². The minimum Gasteiger partial charge on any atom is -0.324 e. The first-order valence-corrected chi connectivity index (χ1v) is 7.57. The third-order valence-corrected chi connectivity index (χ3v) is 4.45. The lowest BCUT2D eigenvalue weighted by atomic mass is 10.0. The zero-order chi connectivity index (χ0) is 13.0. The smallest absolute Gasteiger partial charge is 0.142 e. The van der Waals surface area contributed by atoms with E-state index in [4.69, 9.17) is 5.73 Å². The Labute approximate surface area is 119 Å². The summed E-state index contributed by atoms with van der Waals surface area (Å²) in [4.78, 5) is 1.36. The third-order valence-electron chi connectivity index (χ3n) is 2.90. The molecule has 96 valence electrons. The topological polar surface area (TPSA) is 26.0 Å². The van der Waals surface area contributed by atoms with Crippen LogP contribution in [0.25, 0.3) is 0 Å². The van der Waals surface area contributed by atoms with Crippen molar-refractivity contribution >= 4 is 27.3 Å². The van der Waals surface area contributed by atoms with E-state index in [-0.39, 0.29) is 11.9 Å². The molecular weight excluding hydrogens is 313 g/mol. The second-order valence-corrected chi connectivity index (χ2v) is 6.11. The molecule has 0 saturated carbocycles. The van der Waals surface area contributed by atoms with Crippen LogP contribution in [0.3, 0.4) is 0 Å². The van der Waals surface area contributed by atoms with E-state index < -0.39 is 0 Å². The van der Waals surface area contributed by atoms with Gasteiger partial charge in [-0.1, -0.05) is 18.2 Å². The van der Waals surface area contributed by atoms with E-state index in [1.54, 1.807) is 23.5 Å². The van der Waals surface area contributed by atoms with E-state index in [1.165, 1.54) is 4.88 Å². The van der Waals surface area contributed by atoms with Crippen molar-refractivity contribution in [3.05, 3.63) is 56.4 Å². The lowest BCUT2D eigenvalue weighted by molar-refractivity contribution is 0.548. The SMILES string of the molecule is NC(CCCc1cccs1)c1cccc(Br)c1F. The van der Waals surface area contributed by atoms with E-state index in [1.807, 2.05) is 12.1 Å². The molecule has 1 nitrogen and oxygen atoms in total. The molecular formula is C14H15BrFNS. The van der Waals surface area contributed by atoms with Crippen LogP contribution in [-0.4, -0.2) is 0 Å². The van der Waals surface area contributed by atoms with E-state index in [0.29, 0.717) is 10.0 Å². The van der Waals surface area contributed by atoms with E-state index >= 15 is 0 Å². The second-order valence-electron chi connectivity index (χ2n) is 4.22.